The number of hydrogen-bond acceptors (Lipinski definition) is 3. The standard InChI is InChI=1S/C22H33N5O.HI/c1-18-6-8-20(9-7-18)28-15-5-4-11-25-22(23-3)26-13-10-19(2)21(16-26)27-14-12-24-17-27;/h6-9,12,14,17,19,21H,4-5,10-11,13,15-16H2,1-3H3,(H,23,25);1H. The molecule has 2 heterocycles. The summed E-state index contributed by atoms with van der Waals surface area (Å²) in [5, 5.41) is 3.52. The molecule has 3 rings (SSSR count). The van der Waals surface area contributed by atoms with Gasteiger partial charge in [0.25, 0.3) is 0 Å². The van der Waals surface area contributed by atoms with Crippen LogP contribution in [0.3, 0.4) is 0 Å². The predicted molar refractivity (Wildman–Crippen MR) is 129 cm³/mol. The number of benzene rings is 1. The number of unbranched alkanes of at least 4 members (excludes halogenated alkanes) is 1. The van der Waals surface area contributed by atoms with Gasteiger partial charge in [-0.05, 0) is 44.2 Å². The van der Waals surface area contributed by atoms with Crippen LogP contribution in [0, 0.1) is 12.8 Å². The van der Waals surface area contributed by atoms with Crippen LogP contribution in [0.1, 0.15) is 37.8 Å². The fraction of sp³-hybridized carbons (Fsp3) is 0.545. The van der Waals surface area contributed by atoms with Crippen molar-refractivity contribution in [3.8, 4) is 5.75 Å². The van der Waals surface area contributed by atoms with E-state index in [1.807, 2.05) is 31.7 Å². The molecular weight excluding hydrogens is 477 g/mol. The van der Waals surface area contributed by atoms with E-state index in [1.165, 1.54) is 5.56 Å². The number of guanidine groups is 1. The van der Waals surface area contributed by atoms with Crippen LogP contribution < -0.4 is 10.1 Å². The summed E-state index contributed by atoms with van der Waals surface area (Å²) in [7, 11) is 1.87. The van der Waals surface area contributed by atoms with Gasteiger partial charge in [0.1, 0.15) is 5.75 Å². The van der Waals surface area contributed by atoms with Gasteiger partial charge >= 0.3 is 0 Å². The van der Waals surface area contributed by atoms with Crippen molar-refractivity contribution in [3.63, 3.8) is 0 Å². The zero-order chi connectivity index (χ0) is 19.8. The normalized spacial score (nSPS) is 19.6. The molecule has 0 amide bonds. The van der Waals surface area contributed by atoms with Crippen LogP contribution >= 0.6 is 24.0 Å². The molecule has 2 atom stereocenters. The van der Waals surface area contributed by atoms with Gasteiger partial charge in [-0.15, -0.1) is 24.0 Å². The molecular formula is C22H34IN5O. The summed E-state index contributed by atoms with van der Waals surface area (Å²) < 4.78 is 8.03. The second-order valence-corrected chi connectivity index (χ2v) is 7.63. The van der Waals surface area contributed by atoms with Crippen molar-refractivity contribution in [2.24, 2.45) is 10.9 Å². The minimum absolute atomic E-state index is 0. The smallest absolute Gasteiger partial charge is 0.193 e. The summed E-state index contributed by atoms with van der Waals surface area (Å²) in [5.74, 6) is 2.58. The first-order chi connectivity index (χ1) is 13.7. The van der Waals surface area contributed by atoms with Crippen molar-refractivity contribution in [3.05, 3.63) is 48.5 Å². The highest BCUT2D eigenvalue weighted by Gasteiger charge is 2.28. The summed E-state index contributed by atoms with van der Waals surface area (Å²) in [6.45, 7) is 8.07. The number of ether oxygens (including phenoxy) is 1. The molecule has 7 heteroatoms. The maximum absolute atomic E-state index is 5.80. The van der Waals surface area contributed by atoms with E-state index in [0.29, 0.717) is 12.0 Å². The number of nitrogens with zero attached hydrogens (tertiary/aromatic N) is 4. The van der Waals surface area contributed by atoms with Crippen LogP contribution in [-0.4, -0.2) is 53.7 Å². The number of aromatic nitrogens is 2. The van der Waals surface area contributed by atoms with Crippen molar-refractivity contribution < 1.29 is 4.74 Å². The first-order valence-corrected chi connectivity index (χ1v) is 10.3. The first-order valence-electron chi connectivity index (χ1n) is 10.3. The minimum atomic E-state index is 0. The van der Waals surface area contributed by atoms with Crippen molar-refractivity contribution in [1.82, 2.24) is 19.8 Å². The van der Waals surface area contributed by atoms with Crippen LogP contribution in [0.5, 0.6) is 5.75 Å². The fourth-order valence-electron chi connectivity index (χ4n) is 3.68. The van der Waals surface area contributed by atoms with Gasteiger partial charge in [-0.25, -0.2) is 4.98 Å². The molecule has 1 N–H and O–H groups in total. The third-order valence-electron chi connectivity index (χ3n) is 5.48. The molecule has 6 nitrogen and oxygen atoms in total. The Morgan fingerprint density at radius 1 is 1.28 bits per heavy atom. The van der Waals surface area contributed by atoms with Gasteiger partial charge in [0.2, 0.25) is 0 Å². The predicted octanol–water partition coefficient (Wildman–Crippen LogP) is 4.13. The van der Waals surface area contributed by atoms with Crippen LogP contribution in [0.25, 0.3) is 0 Å². The monoisotopic (exact) mass is 511 g/mol. The molecule has 2 aromatic rings. The highest BCUT2D eigenvalue weighted by atomic mass is 127. The molecule has 1 saturated heterocycles. The third kappa shape index (κ3) is 6.90. The number of rotatable bonds is 7. The highest BCUT2D eigenvalue weighted by Crippen LogP contribution is 2.27. The SMILES string of the molecule is CN=C(NCCCCOc1ccc(C)cc1)N1CCC(C)C(n2ccnc2)C1.I. The second kappa shape index (κ2) is 12.0. The maximum Gasteiger partial charge on any atom is 0.193 e. The van der Waals surface area contributed by atoms with Crippen molar-refractivity contribution in [1.29, 1.82) is 0 Å². The Morgan fingerprint density at radius 3 is 2.76 bits per heavy atom. The van der Waals surface area contributed by atoms with Gasteiger partial charge < -0.3 is 19.5 Å². The number of hydrogen-bond donors (Lipinski definition) is 1. The Bertz CT molecular complexity index is 732. The van der Waals surface area contributed by atoms with E-state index in [9.17, 15) is 0 Å². The molecule has 160 valence electrons. The third-order valence-corrected chi connectivity index (χ3v) is 5.48. The molecule has 0 spiro atoms. The summed E-state index contributed by atoms with van der Waals surface area (Å²) in [5.41, 5.74) is 1.25. The Kier molecular flexibility index (Phi) is 9.76. The minimum Gasteiger partial charge on any atom is -0.494 e. The first kappa shape index (κ1) is 23.5. The van der Waals surface area contributed by atoms with Gasteiger partial charge in [0, 0.05) is 39.1 Å². The number of piperidine rings is 1. The average molecular weight is 511 g/mol. The summed E-state index contributed by atoms with van der Waals surface area (Å²) in [4.78, 5) is 11.1. The highest BCUT2D eigenvalue weighted by molar-refractivity contribution is 14.0. The molecule has 1 fully saturated rings. The molecule has 1 aromatic heterocycles. The summed E-state index contributed by atoms with van der Waals surface area (Å²) >= 11 is 0. The summed E-state index contributed by atoms with van der Waals surface area (Å²) in [6.07, 6.45) is 9.09. The number of imidazole rings is 1. The summed E-state index contributed by atoms with van der Waals surface area (Å²) in [6, 6.07) is 8.67. The number of halogens is 1. The van der Waals surface area contributed by atoms with E-state index in [-0.39, 0.29) is 24.0 Å². The lowest BCUT2D eigenvalue weighted by atomic mass is 9.93. The Hall–Kier alpha value is -1.77. The Balaban J connectivity index is 0.00000300. The van der Waals surface area contributed by atoms with Gasteiger partial charge in [-0.2, -0.15) is 0 Å². The maximum atomic E-state index is 5.80. The second-order valence-electron chi connectivity index (χ2n) is 7.63. The molecule has 0 bridgehead atoms. The molecule has 0 saturated carbocycles. The van der Waals surface area contributed by atoms with Crippen LogP contribution in [0.4, 0.5) is 0 Å². The van der Waals surface area contributed by atoms with Gasteiger partial charge in [-0.1, -0.05) is 24.6 Å². The molecule has 2 unspecified atom stereocenters. The topological polar surface area (TPSA) is 54.7 Å². The number of aryl methyl sites for hydroxylation is 1. The Morgan fingerprint density at radius 2 is 2.07 bits per heavy atom. The zero-order valence-electron chi connectivity index (χ0n) is 17.8. The Labute approximate surface area is 191 Å². The quantitative estimate of drug-likeness (QED) is 0.263. The average Bonchev–Trinajstić information content (AvgIpc) is 3.24. The van der Waals surface area contributed by atoms with E-state index in [2.05, 4.69) is 56.9 Å². The van der Waals surface area contributed by atoms with Gasteiger partial charge in [0.15, 0.2) is 5.96 Å². The molecule has 1 aromatic carbocycles. The van der Waals surface area contributed by atoms with Crippen molar-refractivity contribution in [2.45, 2.75) is 39.2 Å². The molecule has 0 aliphatic carbocycles. The van der Waals surface area contributed by atoms with Crippen molar-refractivity contribution >= 4 is 29.9 Å². The van der Waals surface area contributed by atoms with E-state index in [1.54, 1.807) is 0 Å². The number of nitrogens with one attached hydrogen (secondary N) is 1. The molecule has 29 heavy (non-hydrogen) atoms. The molecule has 1 aliphatic heterocycles. The van der Waals surface area contributed by atoms with Crippen LogP contribution in [0.2, 0.25) is 0 Å². The lowest BCUT2D eigenvalue weighted by molar-refractivity contribution is 0.189. The van der Waals surface area contributed by atoms with E-state index >= 15 is 0 Å². The molecule has 0 radical (unpaired) electrons. The number of likely N-dealkylation sites (tertiary alicyclic amines) is 1. The number of aliphatic imine (C=N–C) groups is 1. The zero-order valence-corrected chi connectivity index (χ0v) is 20.1. The van der Waals surface area contributed by atoms with Gasteiger partial charge in [0.05, 0.1) is 19.0 Å². The fourth-order valence-corrected chi connectivity index (χ4v) is 3.68. The lowest BCUT2D eigenvalue weighted by Gasteiger charge is -2.39. The van der Waals surface area contributed by atoms with E-state index in [0.717, 1.165) is 57.2 Å². The van der Waals surface area contributed by atoms with Crippen LogP contribution in [0.15, 0.2) is 48.0 Å². The van der Waals surface area contributed by atoms with Gasteiger partial charge in [-0.3, -0.25) is 4.99 Å². The largest absolute Gasteiger partial charge is 0.494 e. The van der Waals surface area contributed by atoms with Crippen molar-refractivity contribution in [2.75, 3.05) is 33.3 Å². The van der Waals surface area contributed by atoms with E-state index in [4.69, 9.17) is 4.74 Å². The van der Waals surface area contributed by atoms with E-state index < -0.39 is 0 Å². The lowest BCUT2D eigenvalue weighted by Crippen LogP contribution is -2.49. The molecule has 1 aliphatic rings. The van der Waals surface area contributed by atoms with Crippen LogP contribution in [-0.2, 0) is 0 Å².